The van der Waals surface area contributed by atoms with Gasteiger partial charge in [-0.15, -0.1) is 0 Å². The molecule has 3 aromatic rings. The van der Waals surface area contributed by atoms with E-state index in [1.165, 1.54) is 11.1 Å². The van der Waals surface area contributed by atoms with Crippen LogP contribution < -0.4 is 0 Å². The maximum Gasteiger partial charge on any atom is 0.254 e. The van der Waals surface area contributed by atoms with Gasteiger partial charge in [0.25, 0.3) is 5.91 Å². The number of likely N-dealkylation sites (tertiary alicyclic amines) is 1. The van der Waals surface area contributed by atoms with Crippen molar-refractivity contribution in [2.75, 3.05) is 0 Å². The number of aromatic nitrogens is 2. The summed E-state index contributed by atoms with van der Waals surface area (Å²) in [4.78, 5) is 22.9. The summed E-state index contributed by atoms with van der Waals surface area (Å²) >= 11 is 0. The van der Waals surface area contributed by atoms with Gasteiger partial charge in [0.1, 0.15) is 0 Å². The van der Waals surface area contributed by atoms with Crippen molar-refractivity contribution < 1.29 is 4.79 Å². The van der Waals surface area contributed by atoms with E-state index in [1.807, 2.05) is 18.2 Å². The maximum absolute atomic E-state index is 13.4. The highest BCUT2D eigenvalue weighted by molar-refractivity contribution is 5.97. The smallest absolute Gasteiger partial charge is 0.254 e. The van der Waals surface area contributed by atoms with Crippen LogP contribution in [0.2, 0.25) is 0 Å². The molecule has 0 spiro atoms. The number of fused-ring (bicyclic) bond motifs is 5. The number of hydrogen-bond acceptors (Lipinski definition) is 2. The Morgan fingerprint density at radius 2 is 2.08 bits per heavy atom. The van der Waals surface area contributed by atoms with Gasteiger partial charge in [-0.3, -0.25) is 4.79 Å². The molecule has 1 N–H and O–H groups in total. The summed E-state index contributed by atoms with van der Waals surface area (Å²) in [6.45, 7) is 4.57. The van der Waals surface area contributed by atoms with Crippen molar-refractivity contribution in [3.05, 3.63) is 65.5 Å². The van der Waals surface area contributed by atoms with Crippen molar-refractivity contribution in [1.29, 1.82) is 0 Å². The summed E-state index contributed by atoms with van der Waals surface area (Å²) in [5.41, 5.74) is 5.61. The van der Waals surface area contributed by atoms with E-state index in [9.17, 15) is 4.79 Å². The normalized spacial score (nSPS) is 27.4. The molecule has 2 bridgehead atoms. The van der Waals surface area contributed by atoms with E-state index >= 15 is 0 Å². The van der Waals surface area contributed by atoms with Crippen molar-refractivity contribution in [2.45, 2.75) is 50.6 Å². The second-order valence-electron chi connectivity index (χ2n) is 8.18. The predicted molar refractivity (Wildman–Crippen MR) is 102 cm³/mol. The number of piperidine rings is 1. The molecule has 1 aliphatic carbocycles. The minimum atomic E-state index is 0.139. The van der Waals surface area contributed by atoms with Gasteiger partial charge in [0.15, 0.2) is 0 Å². The number of amides is 1. The Balaban J connectivity index is 1.53. The average Bonchev–Trinajstić information content (AvgIpc) is 3.08. The van der Waals surface area contributed by atoms with E-state index in [-0.39, 0.29) is 23.4 Å². The Morgan fingerprint density at radius 1 is 1.23 bits per heavy atom. The molecule has 1 aromatic heterocycles. The first-order valence-electron chi connectivity index (χ1n) is 9.39. The van der Waals surface area contributed by atoms with E-state index in [0.29, 0.717) is 0 Å². The molecule has 1 saturated heterocycles. The van der Waals surface area contributed by atoms with Crippen molar-refractivity contribution in [2.24, 2.45) is 0 Å². The molecule has 4 nitrogen and oxygen atoms in total. The SMILES string of the molecule is CC1CC2(C)CC(Cc3ccccc32)N1C(=O)c1ccc2nc[nH]c2c1. The lowest BCUT2D eigenvalue weighted by atomic mass is 9.63. The van der Waals surface area contributed by atoms with Gasteiger partial charge >= 0.3 is 0 Å². The van der Waals surface area contributed by atoms with Crippen LogP contribution in [-0.2, 0) is 11.8 Å². The quantitative estimate of drug-likeness (QED) is 0.723. The highest BCUT2D eigenvalue weighted by Crippen LogP contribution is 2.47. The number of nitrogens with zero attached hydrogens (tertiary/aromatic N) is 2. The van der Waals surface area contributed by atoms with Gasteiger partial charge in [-0.2, -0.15) is 0 Å². The van der Waals surface area contributed by atoms with Crippen LogP contribution in [0, 0.1) is 0 Å². The third kappa shape index (κ3) is 2.21. The minimum absolute atomic E-state index is 0.139. The topological polar surface area (TPSA) is 49.0 Å². The van der Waals surface area contributed by atoms with E-state index in [4.69, 9.17) is 0 Å². The van der Waals surface area contributed by atoms with Gasteiger partial charge in [0, 0.05) is 17.6 Å². The fraction of sp³-hybridized carbons (Fsp3) is 0.364. The zero-order valence-corrected chi connectivity index (χ0v) is 15.2. The molecule has 1 aliphatic heterocycles. The first kappa shape index (κ1) is 15.6. The third-order valence-corrected chi connectivity index (χ3v) is 6.33. The summed E-state index contributed by atoms with van der Waals surface area (Å²) < 4.78 is 0. The largest absolute Gasteiger partial charge is 0.345 e. The van der Waals surface area contributed by atoms with Crippen molar-refractivity contribution in [1.82, 2.24) is 14.9 Å². The predicted octanol–water partition coefficient (Wildman–Crippen LogP) is 4.07. The van der Waals surface area contributed by atoms with Crippen LogP contribution in [0.5, 0.6) is 0 Å². The molecule has 3 unspecified atom stereocenters. The van der Waals surface area contributed by atoms with Crippen LogP contribution in [0.1, 0.15) is 48.2 Å². The zero-order chi connectivity index (χ0) is 17.9. The average molecular weight is 345 g/mol. The van der Waals surface area contributed by atoms with E-state index < -0.39 is 0 Å². The second kappa shape index (κ2) is 5.44. The number of nitrogens with one attached hydrogen (secondary N) is 1. The second-order valence-corrected chi connectivity index (χ2v) is 8.18. The monoisotopic (exact) mass is 345 g/mol. The highest BCUT2D eigenvalue weighted by Gasteiger charge is 2.47. The standard InChI is InChI=1S/C22H23N3O/c1-14-11-22(2)12-17(9-15-5-3-4-6-18(15)22)25(14)21(26)16-7-8-19-20(10-16)24-13-23-19/h3-8,10,13-14,17H,9,11-12H2,1-2H3,(H,23,24). The molecule has 2 heterocycles. The molecular weight excluding hydrogens is 322 g/mol. The number of rotatable bonds is 1. The number of imidazole rings is 1. The third-order valence-electron chi connectivity index (χ3n) is 6.33. The molecule has 0 radical (unpaired) electrons. The first-order valence-corrected chi connectivity index (χ1v) is 9.39. The van der Waals surface area contributed by atoms with Crippen LogP contribution in [0.3, 0.4) is 0 Å². The molecular formula is C22H23N3O. The van der Waals surface area contributed by atoms with Gasteiger partial charge in [-0.1, -0.05) is 31.2 Å². The highest BCUT2D eigenvalue weighted by atomic mass is 16.2. The van der Waals surface area contributed by atoms with Crippen molar-refractivity contribution in [3.63, 3.8) is 0 Å². The Bertz CT molecular complexity index is 1010. The molecule has 132 valence electrons. The lowest BCUT2D eigenvalue weighted by Crippen LogP contribution is -2.58. The maximum atomic E-state index is 13.4. The van der Waals surface area contributed by atoms with Crippen molar-refractivity contribution >= 4 is 16.9 Å². The number of benzene rings is 2. The molecule has 4 heteroatoms. The van der Waals surface area contributed by atoms with Gasteiger partial charge in [0.2, 0.25) is 0 Å². The van der Waals surface area contributed by atoms with Crippen LogP contribution in [0.25, 0.3) is 11.0 Å². The molecule has 1 fully saturated rings. The van der Waals surface area contributed by atoms with Crippen molar-refractivity contribution in [3.8, 4) is 0 Å². The Labute approximate surface area is 153 Å². The molecule has 0 saturated carbocycles. The number of carbonyl (C=O) groups is 1. The fourth-order valence-electron chi connectivity index (χ4n) is 5.33. The summed E-state index contributed by atoms with van der Waals surface area (Å²) in [5.74, 6) is 0.139. The fourth-order valence-corrected chi connectivity index (χ4v) is 5.33. The lowest BCUT2D eigenvalue weighted by Gasteiger charge is -2.53. The Morgan fingerprint density at radius 3 is 2.96 bits per heavy atom. The summed E-state index contributed by atoms with van der Waals surface area (Å²) in [7, 11) is 0. The van der Waals surface area contributed by atoms with E-state index in [1.54, 1.807) is 6.33 Å². The summed E-state index contributed by atoms with van der Waals surface area (Å²) in [5, 5.41) is 0. The van der Waals surface area contributed by atoms with E-state index in [2.05, 4.69) is 53.0 Å². The Kier molecular flexibility index (Phi) is 3.27. The Hall–Kier alpha value is -2.62. The summed E-state index contributed by atoms with van der Waals surface area (Å²) in [6, 6.07) is 15.0. The molecule has 1 amide bonds. The van der Waals surface area contributed by atoms with Gasteiger partial charge in [-0.05, 0) is 60.9 Å². The molecule has 5 rings (SSSR count). The molecule has 3 atom stereocenters. The lowest BCUT2D eigenvalue weighted by molar-refractivity contribution is 0.0291. The van der Waals surface area contributed by atoms with Gasteiger partial charge in [0.05, 0.1) is 17.4 Å². The van der Waals surface area contributed by atoms with Crippen LogP contribution >= 0.6 is 0 Å². The van der Waals surface area contributed by atoms with Gasteiger partial charge < -0.3 is 9.88 Å². The summed E-state index contributed by atoms with van der Waals surface area (Å²) in [6.07, 6.45) is 4.69. The first-order chi connectivity index (χ1) is 12.5. The molecule has 2 aliphatic rings. The number of aromatic amines is 1. The van der Waals surface area contributed by atoms with Gasteiger partial charge in [-0.25, -0.2) is 4.98 Å². The molecule has 26 heavy (non-hydrogen) atoms. The van der Waals surface area contributed by atoms with Crippen LogP contribution in [-0.4, -0.2) is 32.9 Å². The van der Waals surface area contributed by atoms with Crippen LogP contribution in [0.4, 0.5) is 0 Å². The number of H-pyrrole nitrogens is 1. The zero-order valence-electron chi connectivity index (χ0n) is 15.2. The number of carbonyl (C=O) groups excluding carboxylic acids is 1. The van der Waals surface area contributed by atoms with E-state index in [0.717, 1.165) is 35.9 Å². The van der Waals surface area contributed by atoms with Crippen LogP contribution in [0.15, 0.2) is 48.8 Å². The molecule has 2 aromatic carbocycles. The number of hydrogen-bond donors (Lipinski definition) is 1. The minimum Gasteiger partial charge on any atom is -0.345 e.